The van der Waals surface area contributed by atoms with Crippen molar-refractivity contribution in [2.45, 2.75) is 32.2 Å². The van der Waals surface area contributed by atoms with Crippen molar-refractivity contribution < 1.29 is 13.9 Å². The highest BCUT2D eigenvalue weighted by molar-refractivity contribution is 6.17. The molecule has 1 amide bonds. The van der Waals surface area contributed by atoms with Crippen LogP contribution in [0.3, 0.4) is 0 Å². The largest absolute Gasteiger partial charge is 0.496 e. The molecule has 106 valence electrons. The Morgan fingerprint density at radius 2 is 2.21 bits per heavy atom. The van der Waals surface area contributed by atoms with Crippen molar-refractivity contribution in [3.05, 3.63) is 29.6 Å². The smallest absolute Gasteiger partial charge is 0.220 e. The molecule has 0 saturated heterocycles. The zero-order valence-corrected chi connectivity index (χ0v) is 12.0. The van der Waals surface area contributed by atoms with E-state index in [1.807, 2.05) is 0 Å². The lowest BCUT2D eigenvalue weighted by Gasteiger charge is -2.17. The summed E-state index contributed by atoms with van der Waals surface area (Å²) in [7, 11) is 1.52. The second-order valence-corrected chi connectivity index (χ2v) is 4.70. The predicted octanol–water partition coefficient (Wildman–Crippen LogP) is 3.42. The van der Waals surface area contributed by atoms with Gasteiger partial charge in [0.15, 0.2) is 0 Å². The molecule has 1 aromatic rings. The lowest BCUT2D eigenvalue weighted by Crippen LogP contribution is -2.26. The van der Waals surface area contributed by atoms with Crippen LogP contribution in [0, 0.1) is 5.82 Å². The Kier molecular flexibility index (Phi) is 6.64. The fraction of sp³-hybridized carbons (Fsp3) is 0.500. The van der Waals surface area contributed by atoms with Crippen LogP contribution in [0.2, 0.25) is 0 Å². The Balaban J connectivity index is 2.64. The van der Waals surface area contributed by atoms with Crippen molar-refractivity contribution in [1.29, 1.82) is 0 Å². The van der Waals surface area contributed by atoms with Gasteiger partial charge in [0, 0.05) is 17.9 Å². The Labute approximate surface area is 118 Å². The van der Waals surface area contributed by atoms with Gasteiger partial charge in [-0.05, 0) is 38.0 Å². The van der Waals surface area contributed by atoms with Gasteiger partial charge in [-0.15, -0.1) is 11.6 Å². The fourth-order valence-corrected chi connectivity index (χ4v) is 2.00. The summed E-state index contributed by atoms with van der Waals surface area (Å²) in [6.07, 6.45) is 1.99. The standard InChI is InChI=1S/C14H19ClFNO2/c1-10(17-14(18)5-3-4-8-15)12-9-11(16)6-7-13(12)19-2/h6-7,9-10H,3-5,8H2,1-2H3,(H,17,18). The van der Waals surface area contributed by atoms with E-state index in [0.717, 1.165) is 12.8 Å². The number of methoxy groups -OCH3 is 1. The summed E-state index contributed by atoms with van der Waals surface area (Å²) in [4.78, 5) is 11.7. The number of carbonyl (C=O) groups excluding carboxylic acids is 1. The Hall–Kier alpha value is -1.29. The van der Waals surface area contributed by atoms with Crippen LogP contribution in [0.15, 0.2) is 18.2 Å². The van der Waals surface area contributed by atoms with E-state index >= 15 is 0 Å². The molecule has 0 heterocycles. The maximum absolute atomic E-state index is 13.2. The van der Waals surface area contributed by atoms with Crippen molar-refractivity contribution in [2.24, 2.45) is 0 Å². The fourth-order valence-electron chi connectivity index (χ4n) is 1.82. The topological polar surface area (TPSA) is 38.3 Å². The molecule has 0 saturated carbocycles. The summed E-state index contributed by atoms with van der Waals surface area (Å²) in [5.74, 6) is 0.707. The van der Waals surface area contributed by atoms with E-state index < -0.39 is 0 Å². The van der Waals surface area contributed by atoms with Crippen molar-refractivity contribution in [3.63, 3.8) is 0 Å². The average Bonchev–Trinajstić information content (AvgIpc) is 2.39. The second-order valence-electron chi connectivity index (χ2n) is 4.32. The van der Waals surface area contributed by atoms with Crippen LogP contribution in [0.25, 0.3) is 0 Å². The molecule has 0 spiro atoms. The lowest BCUT2D eigenvalue weighted by atomic mass is 10.1. The number of alkyl halides is 1. The minimum Gasteiger partial charge on any atom is -0.496 e. The Bertz CT molecular complexity index is 426. The summed E-state index contributed by atoms with van der Waals surface area (Å²) in [5.41, 5.74) is 0.633. The first-order chi connectivity index (χ1) is 9.08. The maximum atomic E-state index is 13.2. The molecule has 1 aromatic carbocycles. The van der Waals surface area contributed by atoms with Crippen LogP contribution in [0.5, 0.6) is 5.75 Å². The molecular formula is C14H19ClFNO2. The van der Waals surface area contributed by atoms with Crippen LogP contribution in [-0.4, -0.2) is 18.9 Å². The van der Waals surface area contributed by atoms with Crippen molar-refractivity contribution in [2.75, 3.05) is 13.0 Å². The minimum absolute atomic E-state index is 0.0658. The van der Waals surface area contributed by atoms with Gasteiger partial charge in [0.1, 0.15) is 11.6 Å². The van der Waals surface area contributed by atoms with E-state index in [4.69, 9.17) is 16.3 Å². The molecule has 0 aromatic heterocycles. The van der Waals surface area contributed by atoms with E-state index in [9.17, 15) is 9.18 Å². The number of nitrogens with one attached hydrogen (secondary N) is 1. The van der Waals surface area contributed by atoms with Gasteiger partial charge < -0.3 is 10.1 Å². The third-order valence-electron chi connectivity index (χ3n) is 2.82. The zero-order valence-electron chi connectivity index (χ0n) is 11.2. The monoisotopic (exact) mass is 287 g/mol. The van der Waals surface area contributed by atoms with Gasteiger partial charge in [-0.2, -0.15) is 0 Å². The van der Waals surface area contributed by atoms with Gasteiger partial charge in [0.2, 0.25) is 5.91 Å². The molecule has 0 aliphatic carbocycles. The molecular weight excluding hydrogens is 269 g/mol. The van der Waals surface area contributed by atoms with Crippen molar-refractivity contribution >= 4 is 17.5 Å². The molecule has 1 unspecified atom stereocenters. The van der Waals surface area contributed by atoms with Gasteiger partial charge in [0.05, 0.1) is 13.2 Å². The molecule has 1 rings (SSSR count). The highest BCUT2D eigenvalue weighted by Gasteiger charge is 2.14. The number of carbonyl (C=O) groups is 1. The summed E-state index contributed by atoms with van der Waals surface area (Å²) >= 11 is 5.55. The normalized spacial score (nSPS) is 12.0. The van der Waals surface area contributed by atoms with Crippen LogP contribution in [0.4, 0.5) is 4.39 Å². The molecule has 1 N–H and O–H groups in total. The van der Waals surface area contributed by atoms with Crippen LogP contribution in [-0.2, 0) is 4.79 Å². The average molecular weight is 288 g/mol. The van der Waals surface area contributed by atoms with Gasteiger partial charge in [-0.25, -0.2) is 4.39 Å². The van der Waals surface area contributed by atoms with Gasteiger partial charge in [-0.3, -0.25) is 4.79 Å². The molecule has 0 radical (unpaired) electrons. The summed E-state index contributed by atoms with van der Waals surface area (Å²) in [6, 6.07) is 3.97. The Morgan fingerprint density at radius 3 is 2.84 bits per heavy atom. The van der Waals surface area contributed by atoms with Crippen molar-refractivity contribution in [1.82, 2.24) is 5.32 Å². The number of amides is 1. The van der Waals surface area contributed by atoms with E-state index in [1.54, 1.807) is 13.0 Å². The molecule has 0 bridgehead atoms. The number of benzene rings is 1. The predicted molar refractivity (Wildman–Crippen MR) is 74.1 cm³/mol. The molecule has 3 nitrogen and oxygen atoms in total. The third kappa shape index (κ3) is 5.07. The van der Waals surface area contributed by atoms with Gasteiger partial charge in [0.25, 0.3) is 0 Å². The van der Waals surface area contributed by atoms with Crippen LogP contribution >= 0.6 is 11.6 Å². The summed E-state index contributed by atoms with van der Waals surface area (Å²) < 4.78 is 18.4. The van der Waals surface area contributed by atoms with Gasteiger partial charge in [-0.1, -0.05) is 0 Å². The van der Waals surface area contributed by atoms with E-state index in [1.165, 1.54) is 19.2 Å². The first-order valence-electron chi connectivity index (χ1n) is 6.27. The number of hydrogen-bond donors (Lipinski definition) is 1. The zero-order chi connectivity index (χ0) is 14.3. The van der Waals surface area contributed by atoms with E-state index in [2.05, 4.69) is 5.32 Å². The number of unbranched alkanes of at least 4 members (excludes halogenated alkanes) is 1. The molecule has 0 fully saturated rings. The molecule has 19 heavy (non-hydrogen) atoms. The number of halogens is 2. The molecule has 1 atom stereocenters. The number of rotatable bonds is 7. The first kappa shape index (κ1) is 15.8. The van der Waals surface area contributed by atoms with Gasteiger partial charge >= 0.3 is 0 Å². The Morgan fingerprint density at radius 1 is 1.47 bits per heavy atom. The summed E-state index contributed by atoms with van der Waals surface area (Å²) in [6.45, 7) is 1.80. The second kappa shape index (κ2) is 8.00. The van der Waals surface area contributed by atoms with Crippen molar-refractivity contribution in [3.8, 4) is 5.75 Å². The molecule has 5 heteroatoms. The maximum Gasteiger partial charge on any atom is 0.220 e. The molecule has 0 aliphatic rings. The van der Waals surface area contributed by atoms with E-state index in [0.29, 0.717) is 23.6 Å². The van der Waals surface area contributed by atoms with Crippen LogP contribution in [0.1, 0.15) is 37.8 Å². The highest BCUT2D eigenvalue weighted by Crippen LogP contribution is 2.25. The van der Waals surface area contributed by atoms with Crippen LogP contribution < -0.4 is 10.1 Å². The van der Waals surface area contributed by atoms with E-state index in [-0.39, 0.29) is 17.8 Å². The number of ether oxygens (including phenoxy) is 1. The third-order valence-corrected chi connectivity index (χ3v) is 3.09. The quantitative estimate of drug-likeness (QED) is 0.616. The lowest BCUT2D eigenvalue weighted by molar-refractivity contribution is -0.121. The molecule has 0 aliphatic heterocycles. The minimum atomic E-state index is -0.348. The number of hydrogen-bond acceptors (Lipinski definition) is 2. The highest BCUT2D eigenvalue weighted by atomic mass is 35.5. The summed E-state index contributed by atoms with van der Waals surface area (Å²) in [5, 5.41) is 2.83. The first-order valence-corrected chi connectivity index (χ1v) is 6.80. The SMILES string of the molecule is COc1ccc(F)cc1C(C)NC(=O)CCCCCl.